The van der Waals surface area contributed by atoms with Crippen molar-refractivity contribution < 1.29 is 27.8 Å². The van der Waals surface area contributed by atoms with E-state index in [1.54, 1.807) is 25.3 Å². The number of carbonyl (C=O) groups is 1. The molecule has 0 saturated carbocycles. The highest BCUT2D eigenvalue weighted by Crippen LogP contribution is 2.29. The summed E-state index contributed by atoms with van der Waals surface area (Å²) in [4.78, 5) is 12.0. The molecule has 2 aromatic carbocycles. The topological polar surface area (TPSA) is 56.8 Å². The average molecular weight is 391 g/mol. The number of anilines is 1. The van der Waals surface area contributed by atoms with Gasteiger partial charge in [0.2, 0.25) is 5.91 Å². The van der Waals surface area contributed by atoms with Gasteiger partial charge in [0.25, 0.3) is 0 Å². The first-order valence-electron chi connectivity index (χ1n) is 8.72. The van der Waals surface area contributed by atoms with Crippen LogP contribution in [0.3, 0.4) is 0 Å². The number of ether oxygens (including phenoxy) is 3. The molecule has 28 heavy (non-hydrogen) atoms. The second-order valence-corrected chi connectivity index (χ2v) is 6.34. The number of amides is 1. The highest BCUT2D eigenvalue weighted by atomic mass is 19.3. The molecule has 2 aromatic rings. The van der Waals surface area contributed by atoms with E-state index < -0.39 is 6.61 Å². The van der Waals surface area contributed by atoms with Gasteiger partial charge >= 0.3 is 6.61 Å². The standard InChI is InChI=1S/C21H23F2NO4/c1-14(2)13-27-18-10-4-15(12-19(18)26-3)5-11-20(25)24-16-6-8-17(9-7-16)28-21(22)23/h4-12,14,21H,13H2,1-3H3,(H,24,25)/b11-5+. The summed E-state index contributed by atoms with van der Waals surface area (Å²) in [5, 5.41) is 2.64. The fraction of sp³-hybridized carbons (Fsp3) is 0.286. The molecule has 1 amide bonds. The maximum absolute atomic E-state index is 12.1. The van der Waals surface area contributed by atoms with Gasteiger partial charge in [0.05, 0.1) is 13.7 Å². The Bertz CT molecular complexity index is 805. The summed E-state index contributed by atoms with van der Waals surface area (Å²) in [6, 6.07) is 11.0. The number of halogens is 2. The lowest BCUT2D eigenvalue weighted by Crippen LogP contribution is -2.08. The summed E-state index contributed by atoms with van der Waals surface area (Å²) < 4.78 is 39.6. The lowest BCUT2D eigenvalue weighted by atomic mass is 10.2. The summed E-state index contributed by atoms with van der Waals surface area (Å²) in [5.74, 6) is 1.28. The van der Waals surface area contributed by atoms with Crippen LogP contribution in [-0.4, -0.2) is 26.2 Å². The molecule has 0 aliphatic carbocycles. The van der Waals surface area contributed by atoms with Crippen molar-refractivity contribution >= 4 is 17.7 Å². The molecule has 0 unspecified atom stereocenters. The summed E-state index contributed by atoms with van der Waals surface area (Å²) in [6.07, 6.45) is 3.01. The van der Waals surface area contributed by atoms with Gasteiger partial charge in [-0.05, 0) is 54.0 Å². The monoisotopic (exact) mass is 391 g/mol. The second-order valence-electron chi connectivity index (χ2n) is 6.34. The first-order chi connectivity index (χ1) is 13.4. The lowest BCUT2D eigenvalue weighted by Gasteiger charge is -2.12. The highest BCUT2D eigenvalue weighted by molar-refractivity contribution is 6.01. The molecule has 150 valence electrons. The Balaban J connectivity index is 1.97. The van der Waals surface area contributed by atoms with Crippen molar-refractivity contribution in [3.05, 3.63) is 54.1 Å². The van der Waals surface area contributed by atoms with Crippen molar-refractivity contribution in [1.29, 1.82) is 0 Å². The molecule has 7 heteroatoms. The summed E-state index contributed by atoms with van der Waals surface area (Å²) in [5.41, 5.74) is 1.23. The van der Waals surface area contributed by atoms with Crippen molar-refractivity contribution in [2.45, 2.75) is 20.5 Å². The van der Waals surface area contributed by atoms with Crippen LogP contribution < -0.4 is 19.5 Å². The predicted molar refractivity (Wildman–Crippen MR) is 104 cm³/mol. The minimum atomic E-state index is -2.89. The van der Waals surface area contributed by atoms with Crippen molar-refractivity contribution in [2.75, 3.05) is 19.0 Å². The molecule has 5 nitrogen and oxygen atoms in total. The molecular formula is C21H23F2NO4. The van der Waals surface area contributed by atoms with Gasteiger partial charge in [0.15, 0.2) is 11.5 Å². The van der Waals surface area contributed by atoms with Crippen LogP contribution >= 0.6 is 0 Å². The zero-order chi connectivity index (χ0) is 20.5. The zero-order valence-corrected chi connectivity index (χ0v) is 15.9. The van der Waals surface area contributed by atoms with Gasteiger partial charge in [-0.1, -0.05) is 19.9 Å². The highest BCUT2D eigenvalue weighted by Gasteiger charge is 2.07. The predicted octanol–water partition coefficient (Wildman–Crippen LogP) is 4.98. The molecule has 0 aliphatic rings. The average Bonchev–Trinajstić information content (AvgIpc) is 2.66. The van der Waals surface area contributed by atoms with Gasteiger partial charge in [-0.15, -0.1) is 0 Å². The molecule has 0 radical (unpaired) electrons. The largest absolute Gasteiger partial charge is 0.493 e. The second kappa shape index (κ2) is 10.3. The number of hydrogen-bond donors (Lipinski definition) is 1. The first-order valence-corrected chi connectivity index (χ1v) is 8.72. The Morgan fingerprint density at radius 2 is 1.82 bits per heavy atom. The van der Waals surface area contributed by atoms with E-state index in [0.717, 1.165) is 5.56 Å². The fourth-order valence-corrected chi connectivity index (χ4v) is 2.24. The van der Waals surface area contributed by atoms with Gasteiger partial charge in [0, 0.05) is 11.8 Å². The Kier molecular flexibility index (Phi) is 7.80. The third-order valence-electron chi connectivity index (χ3n) is 3.53. The number of nitrogens with one attached hydrogen (secondary N) is 1. The Labute approximate surface area is 162 Å². The van der Waals surface area contributed by atoms with Gasteiger partial charge in [-0.3, -0.25) is 4.79 Å². The van der Waals surface area contributed by atoms with Crippen molar-refractivity contribution in [3.8, 4) is 17.2 Å². The van der Waals surface area contributed by atoms with Crippen LogP contribution in [0, 0.1) is 5.92 Å². The maximum Gasteiger partial charge on any atom is 0.387 e. The molecule has 0 saturated heterocycles. The Hall–Kier alpha value is -3.09. The number of hydrogen-bond acceptors (Lipinski definition) is 4. The minimum Gasteiger partial charge on any atom is -0.493 e. The molecule has 0 heterocycles. The van der Waals surface area contributed by atoms with Crippen molar-refractivity contribution in [1.82, 2.24) is 0 Å². The van der Waals surface area contributed by atoms with Crippen LogP contribution in [0.5, 0.6) is 17.2 Å². The molecule has 1 N–H and O–H groups in total. The van der Waals surface area contributed by atoms with E-state index >= 15 is 0 Å². The lowest BCUT2D eigenvalue weighted by molar-refractivity contribution is -0.111. The van der Waals surface area contributed by atoms with E-state index in [9.17, 15) is 13.6 Å². The van der Waals surface area contributed by atoms with E-state index in [0.29, 0.717) is 29.7 Å². The van der Waals surface area contributed by atoms with Crippen LogP contribution in [0.25, 0.3) is 6.08 Å². The van der Waals surface area contributed by atoms with Crippen LogP contribution in [0.2, 0.25) is 0 Å². The number of alkyl halides is 2. The maximum atomic E-state index is 12.1. The van der Waals surface area contributed by atoms with Crippen molar-refractivity contribution in [3.63, 3.8) is 0 Å². The summed E-state index contributed by atoms with van der Waals surface area (Å²) >= 11 is 0. The summed E-state index contributed by atoms with van der Waals surface area (Å²) in [7, 11) is 1.55. The van der Waals surface area contributed by atoms with Gasteiger partial charge in [-0.25, -0.2) is 0 Å². The molecule has 0 spiro atoms. The van der Waals surface area contributed by atoms with E-state index in [-0.39, 0.29) is 11.7 Å². The van der Waals surface area contributed by atoms with E-state index in [4.69, 9.17) is 9.47 Å². The number of carbonyl (C=O) groups excluding carboxylic acids is 1. The van der Waals surface area contributed by atoms with Crippen LogP contribution in [-0.2, 0) is 4.79 Å². The van der Waals surface area contributed by atoms with Crippen LogP contribution in [0.15, 0.2) is 48.5 Å². The molecule has 0 aromatic heterocycles. The fourth-order valence-electron chi connectivity index (χ4n) is 2.24. The Morgan fingerprint density at radius 3 is 2.43 bits per heavy atom. The molecule has 0 atom stereocenters. The minimum absolute atomic E-state index is 0.0235. The zero-order valence-electron chi connectivity index (χ0n) is 15.9. The molecule has 2 rings (SSSR count). The summed E-state index contributed by atoms with van der Waals surface area (Å²) in [6.45, 7) is 1.81. The van der Waals surface area contributed by atoms with Gasteiger partial charge in [0.1, 0.15) is 5.75 Å². The van der Waals surface area contributed by atoms with Gasteiger partial charge in [-0.2, -0.15) is 8.78 Å². The first kappa shape index (κ1) is 21.2. The number of methoxy groups -OCH3 is 1. The smallest absolute Gasteiger partial charge is 0.387 e. The van der Waals surface area contributed by atoms with Crippen LogP contribution in [0.4, 0.5) is 14.5 Å². The third-order valence-corrected chi connectivity index (χ3v) is 3.53. The van der Waals surface area contributed by atoms with Gasteiger partial charge < -0.3 is 19.5 Å². The molecular weight excluding hydrogens is 368 g/mol. The number of benzene rings is 2. The SMILES string of the molecule is COc1cc(/C=C/C(=O)Nc2ccc(OC(F)F)cc2)ccc1OCC(C)C. The van der Waals surface area contributed by atoms with E-state index in [2.05, 4.69) is 23.9 Å². The van der Waals surface area contributed by atoms with E-state index in [1.165, 1.54) is 30.3 Å². The van der Waals surface area contributed by atoms with Crippen molar-refractivity contribution in [2.24, 2.45) is 5.92 Å². The number of rotatable bonds is 9. The molecule has 0 fully saturated rings. The third kappa shape index (κ3) is 6.90. The molecule has 0 aliphatic heterocycles. The van der Waals surface area contributed by atoms with Crippen LogP contribution in [0.1, 0.15) is 19.4 Å². The normalized spacial score (nSPS) is 11.1. The quantitative estimate of drug-likeness (QED) is 0.613. The Morgan fingerprint density at radius 1 is 1.11 bits per heavy atom. The molecule has 0 bridgehead atoms. The van der Waals surface area contributed by atoms with E-state index in [1.807, 2.05) is 6.07 Å².